The van der Waals surface area contributed by atoms with Gasteiger partial charge in [0, 0.05) is 5.56 Å². The average molecular weight is 400 g/mol. The molecule has 0 unspecified atom stereocenters. The lowest BCUT2D eigenvalue weighted by Crippen LogP contribution is -2.20. The first kappa shape index (κ1) is 19.8. The van der Waals surface area contributed by atoms with Gasteiger partial charge in [-0.2, -0.15) is 9.78 Å². The molecule has 152 valence electrons. The zero-order valence-corrected chi connectivity index (χ0v) is 16.1. The first-order valence-electron chi connectivity index (χ1n) is 8.68. The lowest BCUT2D eigenvalue weighted by Gasteiger charge is -2.09. The molecule has 1 aromatic carbocycles. The van der Waals surface area contributed by atoms with Gasteiger partial charge in [-0.25, -0.2) is 10.1 Å². The van der Waals surface area contributed by atoms with Crippen LogP contribution in [0.15, 0.2) is 27.9 Å². The Kier molecular flexibility index (Phi) is 6.02. The van der Waals surface area contributed by atoms with Crippen LogP contribution >= 0.6 is 0 Å². The van der Waals surface area contributed by atoms with Crippen LogP contribution in [0.25, 0.3) is 5.82 Å². The molecule has 2 aromatic heterocycles. The second kappa shape index (κ2) is 8.82. The third-order valence-electron chi connectivity index (χ3n) is 3.96. The van der Waals surface area contributed by atoms with E-state index in [1.807, 2.05) is 6.92 Å². The van der Waals surface area contributed by atoms with Crippen molar-refractivity contribution in [3.05, 3.63) is 35.2 Å². The van der Waals surface area contributed by atoms with Crippen LogP contribution in [0.1, 0.15) is 35.1 Å². The van der Waals surface area contributed by atoms with E-state index in [0.29, 0.717) is 29.2 Å². The number of carbonyl (C=O) groups is 1. The van der Waals surface area contributed by atoms with E-state index in [4.69, 9.17) is 15.2 Å². The summed E-state index contributed by atoms with van der Waals surface area (Å²) in [4.78, 5) is 12.6. The Bertz CT molecular complexity index is 1030. The fourth-order valence-corrected chi connectivity index (χ4v) is 2.67. The average Bonchev–Trinajstić information content (AvgIpc) is 3.33. The number of amides is 1. The molecule has 0 bridgehead atoms. The van der Waals surface area contributed by atoms with Crippen LogP contribution in [0.3, 0.4) is 0 Å². The number of rotatable bonds is 8. The van der Waals surface area contributed by atoms with Crippen molar-refractivity contribution in [1.82, 2.24) is 30.7 Å². The smallest absolute Gasteiger partial charge is 0.293 e. The van der Waals surface area contributed by atoms with E-state index in [9.17, 15) is 4.79 Å². The van der Waals surface area contributed by atoms with Crippen LogP contribution in [0.2, 0.25) is 0 Å². The summed E-state index contributed by atoms with van der Waals surface area (Å²) in [6.07, 6.45) is 2.70. The minimum absolute atomic E-state index is 0.0438. The minimum atomic E-state index is -0.534. The van der Waals surface area contributed by atoms with Crippen LogP contribution in [0.5, 0.6) is 11.5 Å². The molecule has 0 spiro atoms. The summed E-state index contributed by atoms with van der Waals surface area (Å²) in [5.74, 6) is 0.731. The molecular weight excluding hydrogens is 380 g/mol. The molecule has 0 fully saturated rings. The molecule has 3 rings (SSSR count). The Morgan fingerprint density at radius 2 is 2.17 bits per heavy atom. The molecule has 1 amide bonds. The van der Waals surface area contributed by atoms with Crippen molar-refractivity contribution >= 4 is 17.9 Å². The number of para-hydroxylation sites is 1. The van der Waals surface area contributed by atoms with Crippen LogP contribution in [0, 0.1) is 0 Å². The van der Waals surface area contributed by atoms with Crippen LogP contribution in [0.4, 0.5) is 5.82 Å². The Labute approximate surface area is 165 Å². The monoisotopic (exact) mass is 400 g/mol. The fraction of sp³-hybridized carbons (Fsp3) is 0.294. The topological polar surface area (TPSA) is 156 Å². The molecule has 0 aliphatic rings. The van der Waals surface area contributed by atoms with Gasteiger partial charge in [-0.1, -0.05) is 24.6 Å². The number of hydrogen-bond acceptors (Lipinski definition) is 10. The van der Waals surface area contributed by atoms with Crippen LogP contribution in [-0.4, -0.2) is 51.6 Å². The van der Waals surface area contributed by atoms with E-state index in [1.165, 1.54) is 25.1 Å². The number of nitrogen functional groups attached to an aromatic ring is 1. The highest BCUT2D eigenvalue weighted by molar-refractivity contribution is 5.94. The van der Waals surface area contributed by atoms with Gasteiger partial charge in [0.05, 0.1) is 26.1 Å². The Balaban J connectivity index is 1.82. The number of benzene rings is 1. The molecule has 29 heavy (non-hydrogen) atoms. The second-order valence-corrected chi connectivity index (χ2v) is 5.80. The fourth-order valence-electron chi connectivity index (χ4n) is 2.67. The molecule has 0 radical (unpaired) electrons. The second-order valence-electron chi connectivity index (χ2n) is 5.80. The van der Waals surface area contributed by atoms with Gasteiger partial charge >= 0.3 is 0 Å². The van der Waals surface area contributed by atoms with E-state index < -0.39 is 5.91 Å². The zero-order valence-electron chi connectivity index (χ0n) is 16.1. The Morgan fingerprint density at radius 3 is 2.83 bits per heavy atom. The maximum atomic E-state index is 12.6. The van der Waals surface area contributed by atoms with Gasteiger partial charge in [0.15, 0.2) is 17.2 Å². The molecule has 2 heterocycles. The quantitative estimate of drug-likeness (QED) is 0.415. The van der Waals surface area contributed by atoms with Gasteiger partial charge < -0.3 is 15.2 Å². The lowest BCUT2D eigenvalue weighted by molar-refractivity contribution is 0.0949. The van der Waals surface area contributed by atoms with Gasteiger partial charge in [-0.05, 0) is 28.9 Å². The van der Waals surface area contributed by atoms with Gasteiger partial charge in [0.2, 0.25) is 11.6 Å². The molecule has 12 nitrogen and oxygen atoms in total. The van der Waals surface area contributed by atoms with Crippen molar-refractivity contribution in [1.29, 1.82) is 0 Å². The summed E-state index contributed by atoms with van der Waals surface area (Å²) in [5, 5.41) is 19.1. The van der Waals surface area contributed by atoms with E-state index in [-0.39, 0.29) is 17.3 Å². The molecule has 0 aliphatic heterocycles. The van der Waals surface area contributed by atoms with E-state index >= 15 is 0 Å². The van der Waals surface area contributed by atoms with E-state index in [0.717, 1.165) is 6.42 Å². The van der Waals surface area contributed by atoms with Crippen molar-refractivity contribution in [3.8, 4) is 17.3 Å². The summed E-state index contributed by atoms with van der Waals surface area (Å²) in [6, 6.07) is 5.32. The molecule has 0 saturated carbocycles. The SMILES string of the molecule is CCCc1c(C(=O)N/N=C\c2cccc(OC)c2OC)nnn1-c1nonc1N. The van der Waals surface area contributed by atoms with Gasteiger partial charge in [0.1, 0.15) is 0 Å². The van der Waals surface area contributed by atoms with Crippen LogP contribution < -0.4 is 20.6 Å². The largest absolute Gasteiger partial charge is 0.493 e. The number of methoxy groups -OCH3 is 2. The number of hydrogen-bond donors (Lipinski definition) is 2. The summed E-state index contributed by atoms with van der Waals surface area (Å²) in [5.41, 5.74) is 9.40. The van der Waals surface area contributed by atoms with E-state index in [1.54, 1.807) is 18.2 Å². The molecule has 0 saturated heterocycles. The highest BCUT2D eigenvalue weighted by Gasteiger charge is 2.23. The third kappa shape index (κ3) is 4.00. The number of carbonyl (C=O) groups excluding carboxylic acids is 1. The predicted octanol–water partition coefficient (Wildman–Crippen LogP) is 0.966. The van der Waals surface area contributed by atoms with Crippen LogP contribution in [-0.2, 0) is 6.42 Å². The summed E-state index contributed by atoms with van der Waals surface area (Å²) in [6.45, 7) is 1.96. The Hall–Kier alpha value is -3.96. The number of nitrogens with zero attached hydrogens (tertiary/aromatic N) is 6. The van der Waals surface area contributed by atoms with Crippen molar-refractivity contribution in [2.45, 2.75) is 19.8 Å². The molecule has 3 N–H and O–H groups in total. The maximum absolute atomic E-state index is 12.6. The molecular formula is C17H20N8O4. The van der Waals surface area contributed by atoms with Crippen molar-refractivity contribution in [3.63, 3.8) is 0 Å². The summed E-state index contributed by atoms with van der Waals surface area (Å²) in [7, 11) is 3.06. The van der Waals surface area contributed by atoms with Crippen molar-refractivity contribution in [2.24, 2.45) is 5.10 Å². The highest BCUT2D eigenvalue weighted by Crippen LogP contribution is 2.29. The maximum Gasteiger partial charge on any atom is 0.293 e. The van der Waals surface area contributed by atoms with Gasteiger partial charge in [0.25, 0.3) is 5.91 Å². The first-order chi connectivity index (χ1) is 14.1. The summed E-state index contributed by atoms with van der Waals surface area (Å²) < 4.78 is 16.5. The predicted molar refractivity (Wildman–Crippen MR) is 102 cm³/mol. The first-order valence-corrected chi connectivity index (χ1v) is 8.68. The highest BCUT2D eigenvalue weighted by atomic mass is 16.6. The lowest BCUT2D eigenvalue weighted by atomic mass is 10.2. The third-order valence-corrected chi connectivity index (χ3v) is 3.96. The standard InChI is InChI=1S/C17H20N8O4/c1-4-6-11-13(20-24-25(11)16-15(18)22-29-23-16)17(26)21-19-9-10-7-5-8-12(27-2)14(10)28-3/h5,7-9H,4,6H2,1-3H3,(H2,18,22)(H,21,26)/b19-9-. The zero-order chi connectivity index (χ0) is 20.8. The molecule has 0 atom stereocenters. The number of nitrogens with two attached hydrogens (primary N) is 1. The minimum Gasteiger partial charge on any atom is -0.493 e. The molecule has 12 heteroatoms. The van der Waals surface area contributed by atoms with Crippen molar-refractivity contribution in [2.75, 3.05) is 20.0 Å². The number of ether oxygens (including phenoxy) is 2. The van der Waals surface area contributed by atoms with E-state index in [2.05, 4.69) is 35.8 Å². The number of nitrogens with one attached hydrogen (secondary N) is 1. The Morgan fingerprint density at radius 1 is 1.34 bits per heavy atom. The van der Waals surface area contributed by atoms with Gasteiger partial charge in [-0.15, -0.1) is 5.10 Å². The molecule has 3 aromatic rings. The van der Waals surface area contributed by atoms with Crippen molar-refractivity contribution < 1.29 is 18.9 Å². The number of hydrazone groups is 1. The summed E-state index contributed by atoms with van der Waals surface area (Å²) >= 11 is 0. The van der Waals surface area contributed by atoms with Gasteiger partial charge in [-0.3, -0.25) is 4.79 Å². The normalized spacial score (nSPS) is 11.0. The number of aromatic nitrogens is 5. The number of anilines is 1. The molecule has 0 aliphatic carbocycles.